The largest absolute Gasteiger partial charge is 0.299 e. The van der Waals surface area contributed by atoms with Crippen LogP contribution in [0.5, 0.6) is 0 Å². The summed E-state index contributed by atoms with van der Waals surface area (Å²) < 4.78 is 21.4. The van der Waals surface area contributed by atoms with E-state index in [1.165, 1.54) is 12.8 Å². The van der Waals surface area contributed by atoms with E-state index in [0.717, 1.165) is 12.7 Å². The molecule has 0 N–H and O–H groups in total. The van der Waals surface area contributed by atoms with Gasteiger partial charge in [-0.15, -0.1) is 0 Å². The number of carbonyl (C=O) groups is 1. The molecule has 0 unspecified atom stereocenters. The summed E-state index contributed by atoms with van der Waals surface area (Å²) in [5, 5.41) is 0. The number of ketones is 1. The third-order valence-corrected chi connectivity index (χ3v) is 2.80. The molecule has 0 aliphatic heterocycles. The van der Waals surface area contributed by atoms with E-state index in [1.807, 2.05) is 0 Å². The first-order chi connectivity index (χ1) is 5.47. The molecule has 0 bridgehead atoms. The summed E-state index contributed by atoms with van der Waals surface area (Å²) in [6, 6.07) is 0. The van der Waals surface area contributed by atoms with Crippen LogP contribution in [-0.4, -0.2) is 26.2 Å². The number of hydrogen-bond acceptors (Lipinski definition) is 3. The molecule has 4 heteroatoms. The molecule has 0 heterocycles. The maximum atomic E-state index is 11.0. The normalized spacial score (nSPS) is 17.8. The topological polar surface area (TPSA) is 51.2 Å². The van der Waals surface area contributed by atoms with Gasteiger partial charge in [-0.3, -0.25) is 4.79 Å². The van der Waals surface area contributed by atoms with Crippen LogP contribution in [0.15, 0.2) is 0 Å². The monoisotopic (exact) mass is 190 g/mol. The van der Waals surface area contributed by atoms with Crippen molar-refractivity contribution in [2.24, 2.45) is 5.92 Å². The van der Waals surface area contributed by atoms with Crippen LogP contribution in [0.25, 0.3) is 0 Å². The molecule has 0 radical (unpaired) electrons. The molecule has 70 valence electrons. The second-order valence-corrected chi connectivity index (χ2v) is 5.73. The highest BCUT2D eigenvalue weighted by Crippen LogP contribution is 2.33. The van der Waals surface area contributed by atoms with E-state index in [2.05, 4.69) is 0 Å². The highest BCUT2D eigenvalue weighted by molar-refractivity contribution is 7.91. The van der Waals surface area contributed by atoms with Crippen LogP contribution in [0.3, 0.4) is 0 Å². The van der Waals surface area contributed by atoms with Crippen molar-refractivity contribution in [3.05, 3.63) is 0 Å². The zero-order chi connectivity index (χ0) is 9.19. The second kappa shape index (κ2) is 3.56. The van der Waals surface area contributed by atoms with Gasteiger partial charge >= 0.3 is 0 Å². The highest BCUT2D eigenvalue weighted by atomic mass is 32.2. The number of rotatable bonds is 5. The third kappa shape index (κ3) is 4.49. The molecule has 0 aromatic carbocycles. The fraction of sp³-hybridized carbons (Fsp3) is 0.875. The lowest BCUT2D eigenvalue weighted by Crippen LogP contribution is -2.14. The van der Waals surface area contributed by atoms with Crippen LogP contribution in [0.1, 0.15) is 25.7 Å². The van der Waals surface area contributed by atoms with Crippen molar-refractivity contribution in [2.75, 3.05) is 12.0 Å². The molecular formula is C8H14O3S. The maximum absolute atomic E-state index is 11.0. The van der Waals surface area contributed by atoms with Gasteiger partial charge in [-0.05, 0) is 12.3 Å². The first kappa shape index (κ1) is 9.71. The number of Topliss-reactive ketones (excluding diaryl/α,β-unsaturated/α-hetero) is 1. The first-order valence-corrected chi connectivity index (χ1v) is 6.23. The lowest BCUT2D eigenvalue weighted by Gasteiger charge is -1.97. The predicted molar refractivity (Wildman–Crippen MR) is 46.7 cm³/mol. The summed E-state index contributed by atoms with van der Waals surface area (Å²) in [5.74, 6) is 0.289. The fourth-order valence-corrected chi connectivity index (χ4v) is 1.87. The Hall–Kier alpha value is -0.380. The highest BCUT2D eigenvalue weighted by Gasteiger charge is 2.22. The summed E-state index contributed by atoms with van der Waals surface area (Å²) in [4.78, 5) is 11.0. The SMILES string of the molecule is CS(=O)(=O)CC(=O)CCC1CC1. The van der Waals surface area contributed by atoms with Gasteiger partial charge in [0.25, 0.3) is 0 Å². The number of hydrogen-bond donors (Lipinski definition) is 0. The lowest BCUT2D eigenvalue weighted by molar-refractivity contribution is -0.116. The van der Waals surface area contributed by atoms with Gasteiger partial charge in [0.1, 0.15) is 11.5 Å². The molecule has 1 rings (SSSR count). The smallest absolute Gasteiger partial charge is 0.154 e. The van der Waals surface area contributed by atoms with Gasteiger partial charge < -0.3 is 0 Å². The number of carbonyl (C=O) groups excluding carboxylic acids is 1. The van der Waals surface area contributed by atoms with Crippen molar-refractivity contribution in [1.82, 2.24) is 0 Å². The van der Waals surface area contributed by atoms with Gasteiger partial charge in [0.05, 0.1) is 0 Å². The summed E-state index contributed by atoms with van der Waals surface area (Å²) in [6.07, 6.45) is 4.85. The van der Waals surface area contributed by atoms with E-state index >= 15 is 0 Å². The first-order valence-electron chi connectivity index (χ1n) is 4.17. The van der Waals surface area contributed by atoms with Gasteiger partial charge in [-0.1, -0.05) is 12.8 Å². The molecule has 12 heavy (non-hydrogen) atoms. The Morgan fingerprint density at radius 2 is 2.00 bits per heavy atom. The quantitative estimate of drug-likeness (QED) is 0.644. The second-order valence-electron chi connectivity index (χ2n) is 3.59. The Morgan fingerprint density at radius 3 is 2.42 bits per heavy atom. The van der Waals surface area contributed by atoms with Crippen molar-refractivity contribution < 1.29 is 13.2 Å². The van der Waals surface area contributed by atoms with E-state index in [9.17, 15) is 13.2 Å². The van der Waals surface area contributed by atoms with Crippen LogP contribution in [0.4, 0.5) is 0 Å². The summed E-state index contributed by atoms with van der Waals surface area (Å²) >= 11 is 0. The fourth-order valence-electron chi connectivity index (χ4n) is 1.14. The molecule has 1 aliphatic rings. The maximum Gasteiger partial charge on any atom is 0.154 e. The molecule has 1 saturated carbocycles. The Balaban J connectivity index is 2.19. The van der Waals surface area contributed by atoms with E-state index in [1.54, 1.807) is 0 Å². The lowest BCUT2D eigenvalue weighted by atomic mass is 10.2. The van der Waals surface area contributed by atoms with E-state index in [-0.39, 0.29) is 11.5 Å². The van der Waals surface area contributed by atoms with Crippen LogP contribution in [0, 0.1) is 5.92 Å². The molecule has 3 nitrogen and oxygen atoms in total. The molecule has 1 aliphatic carbocycles. The summed E-state index contributed by atoms with van der Waals surface area (Å²) in [7, 11) is -3.10. The zero-order valence-corrected chi connectivity index (χ0v) is 8.06. The van der Waals surface area contributed by atoms with Gasteiger partial charge in [-0.2, -0.15) is 0 Å². The average Bonchev–Trinajstić information content (AvgIpc) is 2.61. The van der Waals surface area contributed by atoms with Crippen LogP contribution in [0.2, 0.25) is 0 Å². The predicted octanol–water partition coefficient (Wildman–Crippen LogP) is 0.790. The van der Waals surface area contributed by atoms with Gasteiger partial charge in [0.15, 0.2) is 9.84 Å². The Bertz CT molecular complexity index is 262. The summed E-state index contributed by atoms with van der Waals surface area (Å²) in [6.45, 7) is 0. The van der Waals surface area contributed by atoms with E-state index < -0.39 is 9.84 Å². The molecule has 0 amide bonds. The van der Waals surface area contributed by atoms with E-state index in [0.29, 0.717) is 12.3 Å². The standard InChI is InChI=1S/C8H14O3S/c1-12(10,11)6-8(9)5-4-7-2-3-7/h7H,2-6H2,1H3. The molecule has 0 aromatic heterocycles. The van der Waals surface area contributed by atoms with Crippen LogP contribution < -0.4 is 0 Å². The average molecular weight is 190 g/mol. The van der Waals surface area contributed by atoms with Gasteiger partial charge in [0, 0.05) is 12.7 Å². The molecule has 1 fully saturated rings. The van der Waals surface area contributed by atoms with Gasteiger partial charge in [0.2, 0.25) is 0 Å². The summed E-state index contributed by atoms with van der Waals surface area (Å²) in [5.41, 5.74) is 0. The van der Waals surface area contributed by atoms with Crippen LogP contribution in [-0.2, 0) is 14.6 Å². The van der Waals surface area contributed by atoms with E-state index in [4.69, 9.17) is 0 Å². The zero-order valence-electron chi connectivity index (χ0n) is 7.25. The van der Waals surface area contributed by atoms with Crippen LogP contribution >= 0.6 is 0 Å². The molecular weight excluding hydrogens is 176 g/mol. The third-order valence-electron chi connectivity index (χ3n) is 1.95. The molecule has 0 aromatic rings. The van der Waals surface area contributed by atoms with Crippen molar-refractivity contribution in [3.63, 3.8) is 0 Å². The minimum Gasteiger partial charge on any atom is -0.299 e. The Morgan fingerprint density at radius 1 is 1.42 bits per heavy atom. The Labute approximate surface area is 73.1 Å². The van der Waals surface area contributed by atoms with Gasteiger partial charge in [-0.25, -0.2) is 8.42 Å². The van der Waals surface area contributed by atoms with Crippen molar-refractivity contribution in [3.8, 4) is 0 Å². The Kier molecular flexibility index (Phi) is 2.88. The van der Waals surface area contributed by atoms with Crippen molar-refractivity contribution in [1.29, 1.82) is 0 Å². The molecule has 0 atom stereocenters. The van der Waals surface area contributed by atoms with Crippen molar-refractivity contribution >= 4 is 15.6 Å². The minimum atomic E-state index is -3.10. The minimum absolute atomic E-state index is 0.135. The number of sulfone groups is 1. The van der Waals surface area contributed by atoms with Crippen molar-refractivity contribution in [2.45, 2.75) is 25.7 Å². The molecule has 0 saturated heterocycles. The molecule has 0 spiro atoms.